The Balaban J connectivity index is 1.73. The Bertz CT molecular complexity index is 441. The molecule has 0 aromatic heterocycles. The highest BCUT2D eigenvalue weighted by Gasteiger charge is 2.22. The number of fused-ring (bicyclic) bond motifs is 1. The van der Waals surface area contributed by atoms with Crippen LogP contribution < -0.4 is 5.32 Å². The fraction of sp³-hybridized carbons (Fsp3) is 0.462. The van der Waals surface area contributed by atoms with Crippen LogP contribution in [0.15, 0.2) is 23.1 Å². The summed E-state index contributed by atoms with van der Waals surface area (Å²) in [5, 5.41) is 4.07. The van der Waals surface area contributed by atoms with E-state index in [4.69, 9.17) is 4.74 Å². The SMILES string of the molecule is O=C1OCc2cc(SC3CCNCC3)ccc21. The third-order valence-corrected chi connectivity index (χ3v) is 4.58. The number of thioether (sulfide) groups is 1. The molecule has 0 unspecified atom stereocenters. The maximum Gasteiger partial charge on any atom is 0.338 e. The summed E-state index contributed by atoms with van der Waals surface area (Å²) in [4.78, 5) is 12.6. The van der Waals surface area contributed by atoms with Gasteiger partial charge in [-0.1, -0.05) is 0 Å². The molecule has 0 atom stereocenters. The summed E-state index contributed by atoms with van der Waals surface area (Å²) < 4.78 is 5.01. The number of carbonyl (C=O) groups is 1. The molecule has 0 saturated carbocycles. The number of esters is 1. The second kappa shape index (κ2) is 4.70. The standard InChI is InChI=1S/C13H15NO2S/c15-13-12-2-1-11(7-9(12)8-16-13)17-10-3-5-14-6-4-10/h1-2,7,10,14H,3-6,8H2. The van der Waals surface area contributed by atoms with Gasteiger partial charge >= 0.3 is 5.97 Å². The number of benzene rings is 1. The lowest BCUT2D eigenvalue weighted by Crippen LogP contribution is -2.29. The van der Waals surface area contributed by atoms with Crippen molar-refractivity contribution in [2.75, 3.05) is 13.1 Å². The second-order valence-electron chi connectivity index (χ2n) is 4.46. The van der Waals surface area contributed by atoms with Crippen molar-refractivity contribution in [1.29, 1.82) is 0 Å². The number of nitrogens with one attached hydrogen (secondary N) is 1. The van der Waals surface area contributed by atoms with Crippen LogP contribution in [0, 0.1) is 0 Å². The average molecular weight is 249 g/mol. The first-order chi connectivity index (χ1) is 8.33. The zero-order valence-electron chi connectivity index (χ0n) is 9.57. The number of hydrogen-bond acceptors (Lipinski definition) is 4. The molecule has 1 fully saturated rings. The van der Waals surface area contributed by atoms with Crippen molar-refractivity contribution in [1.82, 2.24) is 5.32 Å². The van der Waals surface area contributed by atoms with Crippen LogP contribution in [0.1, 0.15) is 28.8 Å². The lowest BCUT2D eigenvalue weighted by molar-refractivity contribution is 0.0535. The van der Waals surface area contributed by atoms with Crippen LogP contribution in [0.4, 0.5) is 0 Å². The first kappa shape index (κ1) is 11.1. The topological polar surface area (TPSA) is 38.3 Å². The van der Waals surface area contributed by atoms with Gasteiger partial charge < -0.3 is 10.1 Å². The lowest BCUT2D eigenvalue weighted by atomic mass is 10.1. The van der Waals surface area contributed by atoms with Crippen LogP contribution >= 0.6 is 11.8 Å². The Hall–Kier alpha value is -1.00. The molecule has 1 aromatic rings. The molecule has 3 nitrogen and oxygen atoms in total. The summed E-state index contributed by atoms with van der Waals surface area (Å²) >= 11 is 1.92. The van der Waals surface area contributed by atoms with E-state index in [1.807, 2.05) is 23.9 Å². The van der Waals surface area contributed by atoms with E-state index in [9.17, 15) is 4.79 Å². The zero-order chi connectivity index (χ0) is 11.7. The van der Waals surface area contributed by atoms with Gasteiger partial charge in [0, 0.05) is 15.7 Å². The average Bonchev–Trinajstić information content (AvgIpc) is 2.72. The molecule has 90 valence electrons. The lowest BCUT2D eigenvalue weighted by Gasteiger charge is -2.22. The van der Waals surface area contributed by atoms with Crippen molar-refractivity contribution in [2.45, 2.75) is 29.6 Å². The van der Waals surface area contributed by atoms with Gasteiger partial charge in [0.25, 0.3) is 0 Å². The molecule has 0 spiro atoms. The van der Waals surface area contributed by atoms with E-state index >= 15 is 0 Å². The van der Waals surface area contributed by atoms with E-state index in [2.05, 4.69) is 11.4 Å². The van der Waals surface area contributed by atoms with Crippen molar-refractivity contribution in [3.8, 4) is 0 Å². The number of piperidine rings is 1. The van der Waals surface area contributed by atoms with Gasteiger partial charge in [-0.2, -0.15) is 0 Å². The van der Waals surface area contributed by atoms with Gasteiger partial charge in [0.2, 0.25) is 0 Å². The molecule has 0 bridgehead atoms. The van der Waals surface area contributed by atoms with Gasteiger partial charge in [-0.05, 0) is 44.1 Å². The minimum Gasteiger partial charge on any atom is -0.457 e. The first-order valence-electron chi connectivity index (χ1n) is 6.00. The highest BCUT2D eigenvalue weighted by molar-refractivity contribution is 8.00. The van der Waals surface area contributed by atoms with Crippen LogP contribution in [0.25, 0.3) is 0 Å². The van der Waals surface area contributed by atoms with Gasteiger partial charge in [0.05, 0.1) is 5.56 Å². The molecule has 0 radical (unpaired) electrons. The minimum absolute atomic E-state index is 0.182. The summed E-state index contributed by atoms with van der Waals surface area (Å²) in [5.74, 6) is -0.182. The van der Waals surface area contributed by atoms with Gasteiger partial charge in [-0.3, -0.25) is 0 Å². The van der Waals surface area contributed by atoms with Crippen molar-refractivity contribution < 1.29 is 9.53 Å². The fourth-order valence-electron chi connectivity index (χ4n) is 2.29. The Morgan fingerprint density at radius 2 is 2.12 bits per heavy atom. The Morgan fingerprint density at radius 3 is 2.94 bits per heavy atom. The predicted octanol–water partition coefficient (Wildman–Crippen LogP) is 2.20. The molecule has 2 aliphatic heterocycles. The van der Waals surface area contributed by atoms with Crippen molar-refractivity contribution in [3.05, 3.63) is 29.3 Å². The molecule has 3 rings (SSSR count). The van der Waals surface area contributed by atoms with Crippen LogP contribution in [-0.2, 0) is 11.3 Å². The maximum atomic E-state index is 11.3. The minimum atomic E-state index is -0.182. The smallest absolute Gasteiger partial charge is 0.338 e. The van der Waals surface area contributed by atoms with E-state index in [-0.39, 0.29) is 5.97 Å². The molecule has 1 aromatic carbocycles. The molecule has 1 N–H and O–H groups in total. The van der Waals surface area contributed by atoms with Gasteiger partial charge in [0.1, 0.15) is 6.61 Å². The molecule has 0 aliphatic carbocycles. The van der Waals surface area contributed by atoms with E-state index < -0.39 is 0 Å². The van der Waals surface area contributed by atoms with E-state index in [0.29, 0.717) is 11.9 Å². The van der Waals surface area contributed by atoms with Crippen molar-refractivity contribution in [2.24, 2.45) is 0 Å². The summed E-state index contributed by atoms with van der Waals surface area (Å²) in [7, 11) is 0. The largest absolute Gasteiger partial charge is 0.457 e. The molecular formula is C13H15NO2S. The Morgan fingerprint density at radius 1 is 1.29 bits per heavy atom. The van der Waals surface area contributed by atoms with Crippen LogP contribution in [0.2, 0.25) is 0 Å². The third kappa shape index (κ3) is 2.33. The second-order valence-corrected chi connectivity index (χ2v) is 5.84. The van der Waals surface area contributed by atoms with Crippen LogP contribution in [0.3, 0.4) is 0 Å². The third-order valence-electron chi connectivity index (χ3n) is 3.24. The van der Waals surface area contributed by atoms with E-state index in [1.165, 1.54) is 17.7 Å². The summed E-state index contributed by atoms with van der Waals surface area (Å²) in [6.07, 6.45) is 2.44. The quantitative estimate of drug-likeness (QED) is 0.816. The number of carbonyl (C=O) groups excluding carboxylic acids is 1. The summed E-state index contributed by atoms with van der Waals surface area (Å²) in [6.45, 7) is 2.67. The first-order valence-corrected chi connectivity index (χ1v) is 6.88. The van der Waals surface area contributed by atoms with Crippen molar-refractivity contribution in [3.63, 3.8) is 0 Å². The molecule has 1 saturated heterocycles. The predicted molar refractivity (Wildman–Crippen MR) is 67.3 cm³/mol. The summed E-state index contributed by atoms with van der Waals surface area (Å²) in [6, 6.07) is 6.04. The molecular weight excluding hydrogens is 234 g/mol. The number of cyclic esters (lactones) is 1. The Labute approximate surface area is 105 Å². The normalized spacial score (nSPS) is 20.1. The van der Waals surface area contributed by atoms with E-state index in [0.717, 1.165) is 24.2 Å². The molecule has 0 amide bonds. The number of ether oxygens (including phenoxy) is 1. The molecule has 17 heavy (non-hydrogen) atoms. The zero-order valence-corrected chi connectivity index (χ0v) is 10.4. The fourth-order valence-corrected chi connectivity index (χ4v) is 3.50. The molecule has 2 heterocycles. The molecule has 2 aliphatic rings. The number of hydrogen-bond donors (Lipinski definition) is 1. The highest BCUT2D eigenvalue weighted by Crippen LogP contribution is 2.31. The van der Waals surface area contributed by atoms with Crippen LogP contribution in [0.5, 0.6) is 0 Å². The molecule has 4 heteroatoms. The maximum absolute atomic E-state index is 11.3. The van der Waals surface area contributed by atoms with E-state index in [1.54, 1.807) is 0 Å². The Kier molecular flexibility index (Phi) is 3.07. The van der Waals surface area contributed by atoms with Gasteiger partial charge in [-0.15, -0.1) is 11.8 Å². The van der Waals surface area contributed by atoms with Crippen molar-refractivity contribution >= 4 is 17.7 Å². The number of rotatable bonds is 2. The summed E-state index contributed by atoms with van der Waals surface area (Å²) in [5.41, 5.74) is 1.77. The van der Waals surface area contributed by atoms with Gasteiger partial charge in [-0.25, -0.2) is 4.79 Å². The van der Waals surface area contributed by atoms with Crippen LogP contribution in [-0.4, -0.2) is 24.3 Å². The monoisotopic (exact) mass is 249 g/mol. The van der Waals surface area contributed by atoms with Gasteiger partial charge in [0.15, 0.2) is 0 Å². The highest BCUT2D eigenvalue weighted by atomic mass is 32.2.